The van der Waals surface area contributed by atoms with Crippen molar-refractivity contribution in [3.63, 3.8) is 0 Å². The number of benzene rings is 1. The predicted molar refractivity (Wildman–Crippen MR) is 96.3 cm³/mol. The molecule has 6 nitrogen and oxygen atoms in total. The molecule has 1 unspecified atom stereocenters. The summed E-state index contributed by atoms with van der Waals surface area (Å²) >= 11 is 0. The van der Waals surface area contributed by atoms with Crippen molar-refractivity contribution < 1.29 is 4.79 Å². The van der Waals surface area contributed by atoms with Gasteiger partial charge in [-0.3, -0.25) is 0 Å². The molecule has 0 bridgehead atoms. The molecule has 0 aliphatic carbocycles. The fraction of sp³-hybridized carbons (Fsp3) is 0.421. The molecule has 1 aromatic heterocycles. The third kappa shape index (κ3) is 3.43. The van der Waals surface area contributed by atoms with Gasteiger partial charge in [-0.2, -0.15) is 0 Å². The van der Waals surface area contributed by atoms with Gasteiger partial charge in [0.15, 0.2) is 0 Å². The molecular formula is C19H23N5O. The van der Waals surface area contributed by atoms with Gasteiger partial charge in [-0.1, -0.05) is 30.3 Å². The number of nitrogens with one attached hydrogen (secondary N) is 1. The third-order valence-corrected chi connectivity index (χ3v) is 5.12. The molecule has 2 amide bonds. The summed E-state index contributed by atoms with van der Waals surface area (Å²) in [5.74, 6) is 0.777. The van der Waals surface area contributed by atoms with E-state index in [1.54, 1.807) is 12.4 Å². The van der Waals surface area contributed by atoms with Gasteiger partial charge in [-0.25, -0.2) is 14.8 Å². The average molecular weight is 337 g/mol. The van der Waals surface area contributed by atoms with Gasteiger partial charge in [0.2, 0.25) is 5.95 Å². The van der Waals surface area contributed by atoms with E-state index in [0.29, 0.717) is 0 Å². The quantitative estimate of drug-likeness (QED) is 0.935. The van der Waals surface area contributed by atoms with Crippen LogP contribution in [0.25, 0.3) is 0 Å². The molecule has 3 heterocycles. The number of rotatable bonds is 3. The molecule has 0 radical (unpaired) electrons. The van der Waals surface area contributed by atoms with E-state index in [-0.39, 0.29) is 18.1 Å². The molecule has 0 spiro atoms. The molecule has 1 atom stereocenters. The Kier molecular flexibility index (Phi) is 4.50. The highest BCUT2D eigenvalue weighted by molar-refractivity contribution is 5.76. The number of likely N-dealkylation sites (tertiary alicyclic amines) is 1. The number of hydrogen-bond donors (Lipinski definition) is 1. The number of anilines is 1. The normalized spacial score (nSPS) is 20.9. The van der Waals surface area contributed by atoms with Crippen LogP contribution in [0, 0.1) is 0 Å². The zero-order chi connectivity index (χ0) is 17.1. The van der Waals surface area contributed by atoms with Gasteiger partial charge < -0.3 is 15.1 Å². The van der Waals surface area contributed by atoms with Crippen LogP contribution in [0.2, 0.25) is 0 Å². The van der Waals surface area contributed by atoms with Crippen molar-refractivity contribution in [3.8, 4) is 0 Å². The minimum atomic E-state index is 0.0644. The Labute approximate surface area is 147 Å². The lowest BCUT2D eigenvalue weighted by Crippen LogP contribution is -2.54. The number of carbonyl (C=O) groups is 1. The van der Waals surface area contributed by atoms with Crippen LogP contribution in [0.15, 0.2) is 48.8 Å². The van der Waals surface area contributed by atoms with Crippen molar-refractivity contribution in [2.24, 2.45) is 0 Å². The Balaban J connectivity index is 1.29. The van der Waals surface area contributed by atoms with Crippen molar-refractivity contribution in [1.29, 1.82) is 0 Å². The van der Waals surface area contributed by atoms with E-state index >= 15 is 0 Å². The fourth-order valence-corrected chi connectivity index (χ4v) is 3.59. The van der Waals surface area contributed by atoms with E-state index in [1.807, 2.05) is 29.2 Å². The van der Waals surface area contributed by atoms with E-state index in [4.69, 9.17) is 0 Å². The van der Waals surface area contributed by atoms with E-state index < -0.39 is 0 Å². The summed E-state index contributed by atoms with van der Waals surface area (Å²) in [6.45, 7) is 2.58. The van der Waals surface area contributed by atoms with Crippen LogP contribution >= 0.6 is 0 Å². The first-order valence-corrected chi connectivity index (χ1v) is 8.95. The van der Waals surface area contributed by atoms with Crippen LogP contribution < -0.4 is 10.2 Å². The van der Waals surface area contributed by atoms with E-state index in [9.17, 15) is 4.79 Å². The Bertz CT molecular complexity index is 700. The van der Waals surface area contributed by atoms with Crippen molar-refractivity contribution in [1.82, 2.24) is 20.2 Å². The molecule has 2 aliphatic heterocycles. The number of aromatic nitrogens is 2. The van der Waals surface area contributed by atoms with Crippen LogP contribution in [0.1, 0.15) is 30.9 Å². The van der Waals surface area contributed by atoms with Crippen LogP contribution in [-0.4, -0.2) is 46.6 Å². The van der Waals surface area contributed by atoms with Crippen molar-refractivity contribution in [2.75, 3.05) is 24.5 Å². The lowest BCUT2D eigenvalue weighted by atomic mass is 9.95. The summed E-state index contributed by atoms with van der Waals surface area (Å²) in [6.07, 6.45) is 6.43. The van der Waals surface area contributed by atoms with Crippen LogP contribution in [0.5, 0.6) is 0 Å². The molecule has 2 saturated heterocycles. The summed E-state index contributed by atoms with van der Waals surface area (Å²) in [5.41, 5.74) is 1.22. The Morgan fingerprint density at radius 2 is 1.68 bits per heavy atom. The van der Waals surface area contributed by atoms with Gasteiger partial charge in [0.05, 0.1) is 6.04 Å². The fourth-order valence-electron chi connectivity index (χ4n) is 3.59. The Morgan fingerprint density at radius 3 is 2.32 bits per heavy atom. The summed E-state index contributed by atoms with van der Waals surface area (Å²) in [6, 6.07) is 12.6. The topological polar surface area (TPSA) is 61.4 Å². The monoisotopic (exact) mass is 337 g/mol. The van der Waals surface area contributed by atoms with Crippen LogP contribution in [0.3, 0.4) is 0 Å². The second-order valence-corrected chi connectivity index (χ2v) is 6.67. The SMILES string of the molecule is O=C(NC1CCN(c2ncccn2)CC1)N1CCC1c1ccccc1. The number of piperidine rings is 1. The zero-order valence-electron chi connectivity index (χ0n) is 14.2. The van der Waals surface area contributed by atoms with Crippen molar-refractivity contribution >= 4 is 12.0 Å². The van der Waals surface area contributed by atoms with Crippen LogP contribution in [-0.2, 0) is 0 Å². The molecule has 0 saturated carbocycles. The molecule has 2 aliphatic rings. The molecule has 2 aromatic rings. The molecule has 2 fully saturated rings. The first kappa shape index (κ1) is 15.9. The highest BCUT2D eigenvalue weighted by Crippen LogP contribution is 2.33. The number of hydrogen-bond acceptors (Lipinski definition) is 4. The lowest BCUT2D eigenvalue weighted by molar-refractivity contribution is 0.111. The number of nitrogens with zero attached hydrogens (tertiary/aromatic N) is 4. The predicted octanol–water partition coefficient (Wildman–Crippen LogP) is 2.60. The van der Waals surface area contributed by atoms with E-state index in [1.165, 1.54) is 5.56 Å². The average Bonchev–Trinajstić information content (AvgIpc) is 2.63. The minimum Gasteiger partial charge on any atom is -0.341 e. The lowest BCUT2D eigenvalue weighted by Gasteiger charge is -2.42. The molecule has 6 heteroatoms. The minimum absolute atomic E-state index is 0.0644. The first-order chi connectivity index (χ1) is 12.3. The molecular weight excluding hydrogens is 314 g/mol. The van der Waals surface area contributed by atoms with Gasteiger partial charge in [0.25, 0.3) is 0 Å². The second-order valence-electron chi connectivity index (χ2n) is 6.67. The molecule has 130 valence electrons. The van der Waals surface area contributed by atoms with Gasteiger partial charge in [-0.15, -0.1) is 0 Å². The Morgan fingerprint density at radius 1 is 0.960 bits per heavy atom. The van der Waals surface area contributed by atoms with Crippen molar-refractivity contribution in [3.05, 3.63) is 54.4 Å². The summed E-state index contributed by atoms with van der Waals surface area (Å²) < 4.78 is 0. The standard InChI is InChI=1S/C19H23N5O/c25-19(24-14-9-17(24)15-5-2-1-3-6-15)22-16-7-12-23(13-8-16)18-20-10-4-11-21-18/h1-6,10-11,16-17H,7-9,12-14H2,(H,22,25). The molecule has 1 N–H and O–H groups in total. The Hall–Kier alpha value is -2.63. The van der Waals surface area contributed by atoms with Gasteiger partial charge in [0, 0.05) is 38.1 Å². The summed E-state index contributed by atoms with van der Waals surface area (Å²) in [7, 11) is 0. The number of carbonyl (C=O) groups excluding carboxylic acids is 1. The summed E-state index contributed by atoms with van der Waals surface area (Å²) in [5, 5.41) is 3.21. The van der Waals surface area contributed by atoms with Gasteiger partial charge in [0.1, 0.15) is 0 Å². The highest BCUT2D eigenvalue weighted by atomic mass is 16.2. The maximum absolute atomic E-state index is 12.6. The van der Waals surface area contributed by atoms with Gasteiger partial charge >= 0.3 is 6.03 Å². The third-order valence-electron chi connectivity index (χ3n) is 5.12. The maximum atomic E-state index is 12.6. The van der Waals surface area contributed by atoms with E-state index in [2.05, 4.69) is 32.3 Å². The largest absolute Gasteiger partial charge is 0.341 e. The van der Waals surface area contributed by atoms with E-state index in [0.717, 1.165) is 44.8 Å². The number of amides is 2. The molecule has 4 rings (SSSR count). The summed E-state index contributed by atoms with van der Waals surface area (Å²) in [4.78, 5) is 25.3. The molecule has 25 heavy (non-hydrogen) atoms. The smallest absolute Gasteiger partial charge is 0.318 e. The molecule has 1 aromatic carbocycles. The first-order valence-electron chi connectivity index (χ1n) is 8.95. The van der Waals surface area contributed by atoms with Crippen LogP contribution in [0.4, 0.5) is 10.7 Å². The second kappa shape index (κ2) is 7.09. The number of urea groups is 1. The zero-order valence-corrected chi connectivity index (χ0v) is 14.2. The van der Waals surface area contributed by atoms with Crippen molar-refractivity contribution in [2.45, 2.75) is 31.3 Å². The maximum Gasteiger partial charge on any atom is 0.318 e. The highest BCUT2D eigenvalue weighted by Gasteiger charge is 2.34. The van der Waals surface area contributed by atoms with Gasteiger partial charge in [-0.05, 0) is 30.9 Å².